The summed E-state index contributed by atoms with van der Waals surface area (Å²) >= 11 is 1.72. The predicted molar refractivity (Wildman–Crippen MR) is 179 cm³/mol. The van der Waals surface area contributed by atoms with E-state index in [1.165, 1.54) is 0 Å². The lowest BCUT2D eigenvalue weighted by atomic mass is 9.99. The van der Waals surface area contributed by atoms with Gasteiger partial charge in [-0.05, 0) is 58.1 Å². The summed E-state index contributed by atoms with van der Waals surface area (Å²) in [7, 11) is 1.69. The Hall–Kier alpha value is -4.47. The van der Waals surface area contributed by atoms with E-state index in [0.717, 1.165) is 49.8 Å². The van der Waals surface area contributed by atoms with Crippen LogP contribution in [-0.2, 0) is 22.6 Å². The van der Waals surface area contributed by atoms with Crippen LogP contribution in [0.25, 0.3) is 11.1 Å². The maximum atomic E-state index is 12.5. The first kappa shape index (κ1) is 31.5. The van der Waals surface area contributed by atoms with Crippen molar-refractivity contribution in [3.05, 3.63) is 149 Å². The molecular formula is C38H36N2O5S. The number of hydrogen-bond acceptors (Lipinski definition) is 7. The first-order valence-corrected chi connectivity index (χ1v) is 16.2. The molecule has 0 radical (unpaired) electrons. The maximum Gasteiger partial charge on any atom is 0.253 e. The Bertz CT molecular complexity index is 1730. The van der Waals surface area contributed by atoms with E-state index < -0.39 is 6.29 Å². The predicted octanol–water partition coefficient (Wildman–Crippen LogP) is 7.52. The molecule has 1 fully saturated rings. The Morgan fingerprint density at radius 1 is 0.891 bits per heavy atom. The molecule has 2 heterocycles. The topological polar surface area (TPSA) is 89.9 Å². The fourth-order valence-corrected chi connectivity index (χ4v) is 6.47. The molecule has 0 saturated carbocycles. The van der Waals surface area contributed by atoms with Gasteiger partial charge in [-0.2, -0.15) is 0 Å². The number of para-hydroxylation sites is 1. The van der Waals surface area contributed by atoms with Crippen LogP contribution in [0.3, 0.4) is 0 Å². The van der Waals surface area contributed by atoms with E-state index in [9.17, 15) is 9.90 Å². The summed E-state index contributed by atoms with van der Waals surface area (Å²) in [4.78, 5) is 17.6. The molecule has 1 amide bonds. The molecule has 1 aliphatic heterocycles. The highest BCUT2D eigenvalue weighted by Gasteiger charge is 2.32. The van der Waals surface area contributed by atoms with Crippen molar-refractivity contribution in [2.24, 2.45) is 0 Å². The standard InChI is InChI=1S/C38H36N2O5S/c1-43-34-9-2-3-10-36(34)46-25-33-21-35(29-13-11-26(24-41)12-14-29)45-38(44-33)30-17-15-28(16-18-30)31-7-4-6-27(20-31)22-40-37(42)32-8-5-19-39-23-32/h2-20,23,33,35,38,41H,21-22,24-25H2,1H3,(H,40,42)/t33-,35+,38+/m0/s1. The monoisotopic (exact) mass is 632 g/mol. The van der Waals surface area contributed by atoms with Crippen LogP contribution < -0.4 is 10.1 Å². The number of thioether (sulfide) groups is 1. The summed E-state index contributed by atoms with van der Waals surface area (Å²) in [5, 5.41) is 12.5. The van der Waals surface area contributed by atoms with Gasteiger partial charge in [0.25, 0.3) is 5.91 Å². The number of aliphatic hydroxyl groups is 1. The fraction of sp³-hybridized carbons (Fsp3) is 0.211. The van der Waals surface area contributed by atoms with E-state index in [2.05, 4.69) is 52.8 Å². The number of nitrogens with zero attached hydrogens (tertiary/aromatic N) is 1. The highest BCUT2D eigenvalue weighted by atomic mass is 32.2. The minimum Gasteiger partial charge on any atom is -0.496 e. The number of rotatable bonds is 11. The van der Waals surface area contributed by atoms with Crippen LogP contribution in [0.5, 0.6) is 5.75 Å². The van der Waals surface area contributed by atoms with Crippen LogP contribution in [0.1, 0.15) is 51.4 Å². The van der Waals surface area contributed by atoms with Crippen molar-refractivity contribution < 1.29 is 24.1 Å². The second kappa shape index (κ2) is 15.2. The molecule has 1 aromatic heterocycles. The quantitative estimate of drug-likeness (QED) is 0.146. The number of pyridine rings is 1. The molecule has 1 saturated heterocycles. The van der Waals surface area contributed by atoms with Gasteiger partial charge in [-0.25, -0.2) is 0 Å². The van der Waals surface area contributed by atoms with Gasteiger partial charge in [-0.15, -0.1) is 11.8 Å². The second-order valence-corrected chi connectivity index (χ2v) is 12.1. The molecule has 0 spiro atoms. The minimum atomic E-state index is -0.539. The summed E-state index contributed by atoms with van der Waals surface area (Å²) < 4.78 is 18.7. The van der Waals surface area contributed by atoms with Crippen LogP contribution in [0.15, 0.2) is 126 Å². The third-order valence-electron chi connectivity index (χ3n) is 7.93. The Labute approximate surface area is 273 Å². The zero-order valence-electron chi connectivity index (χ0n) is 25.5. The lowest BCUT2D eigenvalue weighted by molar-refractivity contribution is -0.245. The Balaban J connectivity index is 1.16. The normalized spacial score (nSPS) is 17.7. The number of carbonyl (C=O) groups excluding carboxylic acids is 1. The molecule has 8 heteroatoms. The van der Waals surface area contributed by atoms with Crippen LogP contribution >= 0.6 is 11.8 Å². The van der Waals surface area contributed by atoms with Gasteiger partial charge < -0.3 is 24.6 Å². The highest BCUT2D eigenvalue weighted by molar-refractivity contribution is 7.99. The number of amides is 1. The van der Waals surface area contributed by atoms with E-state index in [1.54, 1.807) is 43.4 Å². The smallest absolute Gasteiger partial charge is 0.253 e. The van der Waals surface area contributed by atoms with Gasteiger partial charge >= 0.3 is 0 Å². The first-order valence-electron chi connectivity index (χ1n) is 15.2. The Morgan fingerprint density at radius 3 is 2.46 bits per heavy atom. The van der Waals surface area contributed by atoms with E-state index in [4.69, 9.17) is 14.2 Å². The minimum absolute atomic E-state index is 0.00497. The van der Waals surface area contributed by atoms with Gasteiger partial charge in [0.15, 0.2) is 6.29 Å². The summed E-state index contributed by atoms with van der Waals surface area (Å²) in [6.07, 6.45) is 3.16. The number of nitrogens with one attached hydrogen (secondary N) is 1. The summed E-state index contributed by atoms with van der Waals surface area (Å²) in [5.74, 6) is 1.44. The molecule has 3 atom stereocenters. The van der Waals surface area contributed by atoms with Gasteiger partial charge in [0.1, 0.15) is 5.75 Å². The number of benzene rings is 4. The van der Waals surface area contributed by atoms with E-state index >= 15 is 0 Å². The molecule has 5 aromatic rings. The van der Waals surface area contributed by atoms with Crippen LogP contribution in [0.2, 0.25) is 0 Å². The molecule has 2 N–H and O–H groups in total. The molecule has 6 rings (SSSR count). The highest BCUT2D eigenvalue weighted by Crippen LogP contribution is 2.40. The number of carbonyl (C=O) groups is 1. The number of methoxy groups -OCH3 is 1. The zero-order valence-corrected chi connectivity index (χ0v) is 26.4. The van der Waals surface area contributed by atoms with Crippen molar-refractivity contribution in [1.82, 2.24) is 10.3 Å². The van der Waals surface area contributed by atoms with E-state index in [1.807, 2.05) is 54.6 Å². The lowest BCUT2D eigenvalue weighted by Crippen LogP contribution is -2.31. The molecule has 7 nitrogen and oxygen atoms in total. The van der Waals surface area contributed by atoms with Gasteiger partial charge in [-0.3, -0.25) is 9.78 Å². The molecule has 4 aromatic carbocycles. The summed E-state index contributed by atoms with van der Waals surface area (Å²) in [5.41, 5.74) is 6.51. The number of aromatic nitrogens is 1. The van der Waals surface area contributed by atoms with Crippen LogP contribution in [-0.4, -0.2) is 35.0 Å². The largest absolute Gasteiger partial charge is 0.496 e. The van der Waals surface area contributed by atoms with Crippen molar-refractivity contribution in [3.63, 3.8) is 0 Å². The van der Waals surface area contributed by atoms with Crippen LogP contribution in [0.4, 0.5) is 0 Å². The van der Waals surface area contributed by atoms with E-state index in [0.29, 0.717) is 18.5 Å². The SMILES string of the molecule is COc1ccccc1SC[C@@H]1C[C@H](c2ccc(CO)cc2)O[C@H](c2ccc(-c3cccc(CNC(=O)c4cccnc4)c3)cc2)O1. The molecule has 0 unspecified atom stereocenters. The van der Waals surface area contributed by atoms with Crippen molar-refractivity contribution in [3.8, 4) is 16.9 Å². The molecule has 0 aliphatic carbocycles. The molecule has 0 bridgehead atoms. The maximum absolute atomic E-state index is 12.5. The van der Waals surface area contributed by atoms with Gasteiger partial charge in [0, 0.05) is 41.6 Å². The number of hydrogen-bond donors (Lipinski definition) is 2. The number of aliphatic hydroxyl groups excluding tert-OH is 1. The second-order valence-electron chi connectivity index (χ2n) is 11.1. The molecule has 1 aliphatic rings. The van der Waals surface area contributed by atoms with E-state index in [-0.39, 0.29) is 24.7 Å². The molecule has 234 valence electrons. The average molecular weight is 633 g/mol. The average Bonchev–Trinajstić information content (AvgIpc) is 3.13. The summed E-state index contributed by atoms with van der Waals surface area (Å²) in [6, 6.07) is 35.9. The lowest BCUT2D eigenvalue weighted by Gasteiger charge is -2.36. The van der Waals surface area contributed by atoms with Crippen molar-refractivity contribution >= 4 is 17.7 Å². The Kier molecular flexibility index (Phi) is 10.4. The molecule has 46 heavy (non-hydrogen) atoms. The van der Waals surface area contributed by atoms with Crippen molar-refractivity contribution in [2.75, 3.05) is 12.9 Å². The fourth-order valence-electron chi connectivity index (χ4n) is 5.42. The molecular weight excluding hydrogens is 596 g/mol. The summed E-state index contributed by atoms with van der Waals surface area (Å²) in [6.45, 7) is 0.420. The number of ether oxygens (including phenoxy) is 3. The Morgan fingerprint density at radius 2 is 1.70 bits per heavy atom. The third-order valence-corrected chi connectivity index (χ3v) is 9.12. The van der Waals surface area contributed by atoms with Gasteiger partial charge in [0.2, 0.25) is 0 Å². The van der Waals surface area contributed by atoms with Gasteiger partial charge in [0.05, 0.1) is 31.5 Å². The van der Waals surface area contributed by atoms with Gasteiger partial charge in [-0.1, -0.05) is 78.9 Å². The van der Waals surface area contributed by atoms with Crippen molar-refractivity contribution in [2.45, 2.75) is 43.0 Å². The first-order chi connectivity index (χ1) is 22.6. The zero-order chi connectivity index (χ0) is 31.7. The van der Waals surface area contributed by atoms with Crippen molar-refractivity contribution in [1.29, 1.82) is 0 Å². The third kappa shape index (κ3) is 7.84. The van der Waals surface area contributed by atoms with Crippen LogP contribution in [0, 0.1) is 0 Å².